The Bertz CT molecular complexity index is 274. The molecule has 0 aliphatic carbocycles. The smallest absolute Gasteiger partial charge is 0.176 e. The van der Waals surface area contributed by atoms with Gasteiger partial charge >= 0.3 is 0 Å². The Balaban J connectivity index is 2.22. The molecule has 16 heavy (non-hydrogen) atoms. The Labute approximate surface area is 97.7 Å². The minimum Gasteiger partial charge on any atom is -0.354 e. The first kappa shape index (κ1) is 13.0. The van der Waals surface area contributed by atoms with Crippen LogP contribution in [0.3, 0.4) is 0 Å². The maximum absolute atomic E-state index is 5.40. The molecule has 0 radical (unpaired) electrons. The molecule has 1 aromatic heterocycles. The molecule has 0 aliphatic heterocycles. The summed E-state index contributed by atoms with van der Waals surface area (Å²) in [6.45, 7) is 6.28. The Kier molecular flexibility index (Phi) is 6.61. The number of allylic oxidation sites excluding steroid dienone is 1. The van der Waals surface area contributed by atoms with E-state index in [0.29, 0.717) is 13.2 Å². The van der Waals surface area contributed by atoms with E-state index in [4.69, 9.17) is 9.47 Å². The molecular weight excluding hydrogens is 202 g/mol. The van der Waals surface area contributed by atoms with Gasteiger partial charge in [-0.3, -0.25) is 0 Å². The second-order valence-electron chi connectivity index (χ2n) is 3.42. The van der Waals surface area contributed by atoms with Crippen LogP contribution >= 0.6 is 0 Å². The van der Waals surface area contributed by atoms with Gasteiger partial charge in [-0.15, -0.1) is 0 Å². The van der Waals surface area contributed by atoms with Crippen molar-refractivity contribution in [3.8, 4) is 0 Å². The van der Waals surface area contributed by atoms with Gasteiger partial charge in [-0.05, 0) is 38.5 Å². The Hall–Kier alpha value is -1.06. The van der Waals surface area contributed by atoms with Crippen LogP contribution < -0.4 is 0 Å². The van der Waals surface area contributed by atoms with Crippen LogP contribution in [0.5, 0.6) is 0 Å². The zero-order chi connectivity index (χ0) is 11.6. The van der Waals surface area contributed by atoms with E-state index in [1.165, 1.54) is 0 Å². The SMILES string of the molecule is CCOC(/C=C/CCn1cccc1)OCC. The van der Waals surface area contributed by atoms with E-state index < -0.39 is 0 Å². The van der Waals surface area contributed by atoms with Crippen LogP contribution in [0.1, 0.15) is 20.3 Å². The zero-order valence-electron chi connectivity index (χ0n) is 10.1. The van der Waals surface area contributed by atoms with Gasteiger partial charge in [0.25, 0.3) is 0 Å². The lowest BCUT2D eigenvalue weighted by Crippen LogP contribution is -2.14. The lowest BCUT2D eigenvalue weighted by atomic mass is 10.3. The van der Waals surface area contributed by atoms with Crippen LogP contribution in [0, 0.1) is 0 Å². The summed E-state index contributed by atoms with van der Waals surface area (Å²) in [6, 6.07) is 4.07. The first-order valence-electron chi connectivity index (χ1n) is 5.87. The van der Waals surface area contributed by atoms with Gasteiger partial charge < -0.3 is 14.0 Å². The van der Waals surface area contributed by atoms with Crippen LogP contribution in [-0.4, -0.2) is 24.1 Å². The molecule has 1 heterocycles. The molecule has 1 aromatic rings. The summed E-state index contributed by atoms with van der Waals surface area (Å²) < 4.78 is 13.0. The minimum atomic E-state index is -0.195. The summed E-state index contributed by atoms with van der Waals surface area (Å²) in [6.07, 6.45) is 9.02. The highest BCUT2D eigenvalue weighted by Crippen LogP contribution is 2.00. The number of hydrogen-bond acceptors (Lipinski definition) is 2. The number of aryl methyl sites for hydroxylation is 1. The van der Waals surface area contributed by atoms with Crippen LogP contribution in [0.25, 0.3) is 0 Å². The second kappa shape index (κ2) is 8.13. The molecular formula is C13H21NO2. The zero-order valence-corrected chi connectivity index (χ0v) is 10.1. The maximum Gasteiger partial charge on any atom is 0.176 e. The normalized spacial score (nSPS) is 11.7. The van der Waals surface area contributed by atoms with Gasteiger partial charge in [0.2, 0.25) is 0 Å². The predicted octanol–water partition coefficient (Wildman–Crippen LogP) is 2.83. The van der Waals surface area contributed by atoms with Crippen LogP contribution in [-0.2, 0) is 16.0 Å². The summed E-state index contributed by atoms with van der Waals surface area (Å²) in [5, 5.41) is 0. The van der Waals surface area contributed by atoms with Gasteiger partial charge in [0.1, 0.15) is 0 Å². The largest absolute Gasteiger partial charge is 0.354 e. The number of hydrogen-bond donors (Lipinski definition) is 0. The van der Waals surface area contributed by atoms with Gasteiger partial charge in [-0.2, -0.15) is 0 Å². The summed E-state index contributed by atoms with van der Waals surface area (Å²) in [7, 11) is 0. The number of ether oxygens (including phenoxy) is 2. The highest BCUT2D eigenvalue weighted by Gasteiger charge is 2.00. The Morgan fingerprint density at radius 2 is 1.75 bits per heavy atom. The lowest BCUT2D eigenvalue weighted by molar-refractivity contribution is -0.104. The minimum absolute atomic E-state index is 0.195. The molecule has 3 heteroatoms. The Morgan fingerprint density at radius 3 is 2.31 bits per heavy atom. The molecule has 0 unspecified atom stereocenters. The van der Waals surface area contributed by atoms with Gasteiger partial charge in [0.05, 0.1) is 0 Å². The molecule has 0 atom stereocenters. The van der Waals surface area contributed by atoms with E-state index in [1.807, 2.05) is 32.1 Å². The van der Waals surface area contributed by atoms with Gasteiger partial charge in [-0.25, -0.2) is 0 Å². The second-order valence-corrected chi connectivity index (χ2v) is 3.42. The molecule has 90 valence electrons. The van der Waals surface area contributed by atoms with E-state index in [2.05, 4.69) is 23.0 Å². The monoisotopic (exact) mass is 223 g/mol. The van der Waals surface area contributed by atoms with Crippen LogP contribution in [0.15, 0.2) is 36.7 Å². The van der Waals surface area contributed by atoms with Crippen molar-refractivity contribution >= 4 is 0 Å². The fourth-order valence-electron chi connectivity index (χ4n) is 1.44. The average molecular weight is 223 g/mol. The van der Waals surface area contributed by atoms with Crippen LogP contribution in [0.4, 0.5) is 0 Å². The fraction of sp³-hybridized carbons (Fsp3) is 0.538. The van der Waals surface area contributed by atoms with Crippen LogP contribution in [0.2, 0.25) is 0 Å². The third kappa shape index (κ3) is 5.14. The predicted molar refractivity (Wildman–Crippen MR) is 65.2 cm³/mol. The summed E-state index contributed by atoms with van der Waals surface area (Å²) in [5.74, 6) is 0. The van der Waals surface area contributed by atoms with Crippen molar-refractivity contribution in [3.63, 3.8) is 0 Å². The quantitative estimate of drug-likeness (QED) is 0.500. The summed E-state index contributed by atoms with van der Waals surface area (Å²) >= 11 is 0. The van der Waals surface area contributed by atoms with Gasteiger partial charge in [-0.1, -0.05) is 6.08 Å². The summed E-state index contributed by atoms with van der Waals surface area (Å²) in [5.41, 5.74) is 0. The maximum atomic E-state index is 5.40. The van der Waals surface area contributed by atoms with E-state index >= 15 is 0 Å². The molecule has 0 spiro atoms. The molecule has 0 bridgehead atoms. The highest BCUT2D eigenvalue weighted by atomic mass is 16.7. The topological polar surface area (TPSA) is 23.4 Å². The van der Waals surface area contributed by atoms with Crippen molar-refractivity contribution in [2.45, 2.75) is 33.1 Å². The molecule has 0 N–H and O–H groups in total. The van der Waals surface area contributed by atoms with Crippen molar-refractivity contribution < 1.29 is 9.47 Å². The van der Waals surface area contributed by atoms with Gasteiger partial charge in [0.15, 0.2) is 6.29 Å². The Morgan fingerprint density at radius 1 is 1.12 bits per heavy atom. The van der Waals surface area contributed by atoms with Crippen molar-refractivity contribution in [2.24, 2.45) is 0 Å². The first-order valence-corrected chi connectivity index (χ1v) is 5.87. The molecule has 0 amide bonds. The van der Waals surface area contributed by atoms with E-state index in [0.717, 1.165) is 13.0 Å². The average Bonchev–Trinajstić information content (AvgIpc) is 2.78. The van der Waals surface area contributed by atoms with Crippen molar-refractivity contribution in [1.82, 2.24) is 4.57 Å². The fourth-order valence-corrected chi connectivity index (χ4v) is 1.44. The number of rotatable bonds is 8. The van der Waals surface area contributed by atoms with Gasteiger partial charge in [0, 0.05) is 32.2 Å². The molecule has 1 rings (SSSR count). The number of aromatic nitrogens is 1. The molecule has 0 fully saturated rings. The molecule has 3 nitrogen and oxygen atoms in total. The third-order valence-corrected chi connectivity index (χ3v) is 2.18. The van der Waals surface area contributed by atoms with Crippen molar-refractivity contribution in [3.05, 3.63) is 36.7 Å². The third-order valence-electron chi connectivity index (χ3n) is 2.18. The number of nitrogens with zero attached hydrogens (tertiary/aromatic N) is 1. The van der Waals surface area contributed by atoms with Crippen molar-refractivity contribution in [2.75, 3.05) is 13.2 Å². The highest BCUT2D eigenvalue weighted by molar-refractivity contribution is 4.92. The molecule has 0 saturated carbocycles. The summed E-state index contributed by atoms with van der Waals surface area (Å²) in [4.78, 5) is 0. The van der Waals surface area contributed by atoms with Crippen molar-refractivity contribution in [1.29, 1.82) is 0 Å². The lowest BCUT2D eigenvalue weighted by Gasteiger charge is -2.12. The molecule has 0 aliphatic rings. The first-order chi connectivity index (χ1) is 7.86. The standard InChI is InChI=1S/C13H21NO2/c1-3-15-13(16-4-2)9-5-6-10-14-11-7-8-12-14/h5,7-9,11-13H,3-4,6,10H2,1-2H3/b9-5+. The molecule has 0 saturated heterocycles. The van der Waals surface area contributed by atoms with E-state index in [9.17, 15) is 0 Å². The van der Waals surface area contributed by atoms with E-state index in [1.54, 1.807) is 0 Å². The van der Waals surface area contributed by atoms with E-state index in [-0.39, 0.29) is 6.29 Å². The molecule has 0 aromatic carbocycles.